The third-order valence-corrected chi connectivity index (χ3v) is 5.58. The summed E-state index contributed by atoms with van der Waals surface area (Å²) in [5.74, 6) is -0.845. The average Bonchev–Trinajstić information content (AvgIpc) is 2.83. The molecule has 0 unspecified atom stereocenters. The summed E-state index contributed by atoms with van der Waals surface area (Å²) < 4.78 is 0.244. The third kappa shape index (κ3) is 5.34. The van der Waals surface area contributed by atoms with Crippen molar-refractivity contribution in [1.82, 2.24) is 4.90 Å². The van der Waals surface area contributed by atoms with Gasteiger partial charge in [-0.2, -0.15) is 11.8 Å². The van der Waals surface area contributed by atoms with Crippen molar-refractivity contribution >= 4 is 69.6 Å². The summed E-state index contributed by atoms with van der Waals surface area (Å²) in [6.45, 7) is 0. The monoisotopic (exact) mass is 413 g/mol. The number of carboxylic acid groups (broad SMARTS) is 1. The Labute approximate surface area is 165 Å². The van der Waals surface area contributed by atoms with Gasteiger partial charge in [-0.15, -0.1) is 0 Å². The number of thioether (sulfide) groups is 2. The number of carbonyl (C=O) groups excluding carboxylic acids is 1. The van der Waals surface area contributed by atoms with Crippen LogP contribution in [0, 0.1) is 0 Å². The Bertz CT molecular complexity index is 734. The minimum Gasteiger partial charge on any atom is -0.480 e. The Balaban J connectivity index is 2.22. The number of hydrogen-bond acceptors (Lipinski definition) is 5. The average molecular weight is 414 g/mol. The van der Waals surface area contributed by atoms with Gasteiger partial charge in [0.15, 0.2) is 0 Å². The van der Waals surface area contributed by atoms with Crippen molar-refractivity contribution in [1.29, 1.82) is 0 Å². The van der Waals surface area contributed by atoms with Gasteiger partial charge in [0.2, 0.25) is 0 Å². The number of thiocarbonyl (C=S) groups is 1. The van der Waals surface area contributed by atoms with Crippen molar-refractivity contribution in [2.24, 2.45) is 0 Å². The number of halogens is 1. The van der Waals surface area contributed by atoms with E-state index in [0.717, 1.165) is 17.3 Å². The molecule has 0 aromatic heterocycles. The largest absolute Gasteiger partial charge is 0.480 e. The highest BCUT2D eigenvalue weighted by molar-refractivity contribution is 8.26. The molecular formula is C17H16ClNO3S3. The van der Waals surface area contributed by atoms with Gasteiger partial charge in [-0.1, -0.05) is 65.9 Å². The molecule has 132 valence electrons. The zero-order valence-electron chi connectivity index (χ0n) is 13.3. The number of carbonyl (C=O) groups is 2. The lowest BCUT2D eigenvalue weighted by molar-refractivity contribution is -0.145. The first kappa shape index (κ1) is 20.0. The molecule has 1 aliphatic heterocycles. The van der Waals surface area contributed by atoms with Crippen LogP contribution in [0.1, 0.15) is 12.0 Å². The smallest absolute Gasteiger partial charge is 0.326 e. The second-order valence-electron chi connectivity index (χ2n) is 5.13. The molecule has 1 aliphatic rings. The Morgan fingerprint density at radius 2 is 2.12 bits per heavy atom. The van der Waals surface area contributed by atoms with Crippen LogP contribution in [0.5, 0.6) is 0 Å². The summed E-state index contributed by atoms with van der Waals surface area (Å²) in [6, 6.07) is 8.51. The topological polar surface area (TPSA) is 57.6 Å². The van der Waals surface area contributed by atoms with Gasteiger partial charge >= 0.3 is 5.97 Å². The number of hydrogen-bond donors (Lipinski definition) is 1. The van der Waals surface area contributed by atoms with Crippen molar-refractivity contribution in [3.05, 3.63) is 51.9 Å². The molecule has 4 nitrogen and oxygen atoms in total. The van der Waals surface area contributed by atoms with E-state index in [-0.39, 0.29) is 4.32 Å². The van der Waals surface area contributed by atoms with E-state index in [1.54, 1.807) is 6.08 Å². The molecule has 0 aliphatic carbocycles. The molecule has 25 heavy (non-hydrogen) atoms. The molecule has 1 atom stereocenters. The van der Waals surface area contributed by atoms with Crippen LogP contribution in [-0.4, -0.2) is 44.3 Å². The normalized spacial score (nSPS) is 18.1. The van der Waals surface area contributed by atoms with Gasteiger partial charge in [0, 0.05) is 5.03 Å². The van der Waals surface area contributed by atoms with Crippen molar-refractivity contribution in [3.8, 4) is 0 Å². The summed E-state index contributed by atoms with van der Waals surface area (Å²) in [4.78, 5) is 25.6. The molecule has 1 saturated heterocycles. The van der Waals surface area contributed by atoms with Gasteiger partial charge in [0.05, 0.1) is 4.91 Å². The summed E-state index contributed by atoms with van der Waals surface area (Å²) in [5.41, 5.74) is 0.905. The maximum absolute atomic E-state index is 12.6. The van der Waals surface area contributed by atoms with Crippen molar-refractivity contribution < 1.29 is 14.7 Å². The van der Waals surface area contributed by atoms with Gasteiger partial charge in [0.1, 0.15) is 10.4 Å². The van der Waals surface area contributed by atoms with Crippen molar-refractivity contribution in [2.45, 2.75) is 12.5 Å². The number of rotatable bonds is 7. The maximum Gasteiger partial charge on any atom is 0.326 e. The fraction of sp³-hybridized carbons (Fsp3) is 0.235. The van der Waals surface area contributed by atoms with E-state index in [1.165, 1.54) is 22.7 Å². The first-order valence-electron chi connectivity index (χ1n) is 7.35. The lowest BCUT2D eigenvalue weighted by atomic mass is 10.2. The molecular weight excluding hydrogens is 398 g/mol. The zero-order valence-corrected chi connectivity index (χ0v) is 16.6. The molecule has 1 fully saturated rings. The number of allylic oxidation sites excluding steroid dienone is 2. The quantitative estimate of drug-likeness (QED) is 0.533. The van der Waals surface area contributed by atoms with Crippen LogP contribution in [0.4, 0.5) is 0 Å². The molecule has 0 saturated carbocycles. The highest BCUT2D eigenvalue weighted by atomic mass is 35.5. The maximum atomic E-state index is 12.6. The fourth-order valence-corrected chi connectivity index (χ4v) is 4.32. The van der Waals surface area contributed by atoms with Crippen LogP contribution in [0.15, 0.2) is 46.3 Å². The van der Waals surface area contributed by atoms with Gasteiger partial charge in [0.25, 0.3) is 5.91 Å². The van der Waals surface area contributed by atoms with Gasteiger partial charge in [-0.3, -0.25) is 9.69 Å². The molecule has 0 bridgehead atoms. The second kappa shape index (κ2) is 9.43. The summed E-state index contributed by atoms with van der Waals surface area (Å²) in [7, 11) is 0. The Morgan fingerprint density at radius 3 is 2.72 bits per heavy atom. The number of amides is 1. The van der Waals surface area contributed by atoms with Crippen molar-refractivity contribution in [2.75, 3.05) is 12.0 Å². The fourth-order valence-electron chi connectivity index (χ4n) is 2.22. The number of nitrogens with zero attached hydrogens (tertiary/aromatic N) is 1. The van der Waals surface area contributed by atoms with Crippen LogP contribution < -0.4 is 0 Å². The molecule has 8 heteroatoms. The molecule has 1 N–H and O–H groups in total. The molecule has 1 aromatic carbocycles. The lowest BCUT2D eigenvalue weighted by Crippen LogP contribution is -2.44. The van der Waals surface area contributed by atoms with E-state index < -0.39 is 17.9 Å². The van der Waals surface area contributed by atoms with E-state index in [9.17, 15) is 14.7 Å². The first-order valence-corrected chi connectivity index (χ1v) is 10.3. The van der Waals surface area contributed by atoms with Crippen molar-refractivity contribution in [3.63, 3.8) is 0 Å². The third-order valence-electron chi connectivity index (χ3n) is 3.39. The van der Waals surface area contributed by atoms with E-state index in [2.05, 4.69) is 0 Å². The van der Waals surface area contributed by atoms with E-state index >= 15 is 0 Å². The van der Waals surface area contributed by atoms with Crippen LogP contribution in [0.25, 0.3) is 6.08 Å². The highest BCUT2D eigenvalue weighted by Crippen LogP contribution is 2.35. The van der Waals surface area contributed by atoms with E-state index in [1.807, 2.05) is 36.6 Å². The van der Waals surface area contributed by atoms with Gasteiger partial charge in [-0.05, 0) is 36.1 Å². The van der Waals surface area contributed by atoms with Crippen LogP contribution >= 0.6 is 47.3 Å². The minimum absolute atomic E-state index is 0.244. The van der Waals surface area contributed by atoms with Gasteiger partial charge in [-0.25, -0.2) is 4.79 Å². The summed E-state index contributed by atoms with van der Waals surface area (Å²) >= 11 is 14.0. The number of benzene rings is 1. The van der Waals surface area contributed by atoms with Crippen LogP contribution in [0.2, 0.25) is 0 Å². The predicted octanol–water partition coefficient (Wildman–Crippen LogP) is 4.22. The van der Waals surface area contributed by atoms with Crippen LogP contribution in [0.3, 0.4) is 0 Å². The Morgan fingerprint density at radius 1 is 1.44 bits per heavy atom. The summed E-state index contributed by atoms with van der Waals surface area (Å²) in [6.07, 6.45) is 5.49. The molecule has 0 spiro atoms. The zero-order chi connectivity index (χ0) is 18.4. The molecule has 1 aromatic rings. The van der Waals surface area contributed by atoms with E-state index in [4.69, 9.17) is 23.8 Å². The molecule has 1 heterocycles. The van der Waals surface area contributed by atoms with Crippen LogP contribution in [-0.2, 0) is 9.59 Å². The standard InChI is InChI=1S/C17H16ClNO3S3/c1-24-8-7-13(16(21)22)19-15(20)14(25-17(19)23)10-12(18)9-11-5-3-2-4-6-11/h2-6,9-10,13H,7-8H2,1H3,(H,21,22)/b12-9-,14-10?/t13-/m1/s1. The lowest BCUT2D eigenvalue weighted by Gasteiger charge is -2.22. The number of aliphatic carboxylic acids is 1. The predicted molar refractivity (Wildman–Crippen MR) is 110 cm³/mol. The molecule has 0 radical (unpaired) electrons. The highest BCUT2D eigenvalue weighted by Gasteiger charge is 2.40. The Hall–Kier alpha value is -1.28. The second-order valence-corrected chi connectivity index (χ2v) is 8.22. The van der Waals surface area contributed by atoms with E-state index in [0.29, 0.717) is 22.1 Å². The minimum atomic E-state index is -1.06. The molecule has 2 rings (SSSR count). The summed E-state index contributed by atoms with van der Waals surface area (Å²) in [5, 5.41) is 9.81. The Kier molecular flexibility index (Phi) is 7.56. The van der Waals surface area contributed by atoms with Gasteiger partial charge < -0.3 is 5.11 Å². The number of carboxylic acids is 1. The first-order chi connectivity index (χ1) is 11.9. The SMILES string of the molecule is CSCC[C@H](C(=O)O)N1C(=O)C(=C/C(Cl)=C/c2ccccc2)SC1=S. The molecule has 1 amide bonds.